The van der Waals surface area contributed by atoms with E-state index < -0.39 is 0 Å². The zero-order valence-electron chi connectivity index (χ0n) is 17.2. The van der Waals surface area contributed by atoms with Gasteiger partial charge in [0, 0.05) is 21.8 Å². The normalized spacial score (nSPS) is 12.1. The summed E-state index contributed by atoms with van der Waals surface area (Å²) in [6.07, 6.45) is 3.51. The number of rotatable bonds is 5. The first-order chi connectivity index (χ1) is 15.6. The van der Waals surface area contributed by atoms with Crippen LogP contribution in [0.15, 0.2) is 85.3 Å². The molecule has 7 heteroatoms. The average Bonchev–Trinajstić information content (AvgIpc) is 3.23. The molecule has 2 heterocycles. The van der Waals surface area contributed by atoms with E-state index in [1.807, 2.05) is 59.2 Å². The minimum Gasteiger partial charge on any atom is -0.348 e. The third-order valence-electron chi connectivity index (χ3n) is 5.32. The van der Waals surface area contributed by atoms with E-state index in [4.69, 9.17) is 28.2 Å². The third kappa shape index (κ3) is 4.05. The van der Waals surface area contributed by atoms with Crippen molar-refractivity contribution in [2.45, 2.75) is 13.0 Å². The highest BCUT2D eigenvalue weighted by atomic mass is 35.5. The Balaban J connectivity index is 1.45. The molecule has 0 aliphatic rings. The maximum Gasteiger partial charge on any atom is 0.225 e. The predicted octanol–water partition coefficient (Wildman–Crippen LogP) is 6.96. The van der Waals surface area contributed by atoms with E-state index in [9.17, 15) is 0 Å². The minimum atomic E-state index is 0.0812. The fraction of sp³-hybridized carbons (Fsp3) is 0.0800. The molecule has 0 fully saturated rings. The Morgan fingerprint density at radius 3 is 2.56 bits per heavy atom. The van der Waals surface area contributed by atoms with Crippen molar-refractivity contribution in [3.63, 3.8) is 0 Å². The van der Waals surface area contributed by atoms with Gasteiger partial charge in [-0.05, 0) is 48.4 Å². The van der Waals surface area contributed by atoms with Crippen LogP contribution >= 0.6 is 23.2 Å². The van der Waals surface area contributed by atoms with Crippen LogP contribution in [0, 0.1) is 0 Å². The lowest BCUT2D eigenvalue weighted by atomic mass is 10.1. The molecule has 0 unspecified atom stereocenters. The van der Waals surface area contributed by atoms with Crippen molar-refractivity contribution < 1.29 is 0 Å². The molecule has 0 saturated carbocycles. The monoisotopic (exact) mass is 459 g/mol. The summed E-state index contributed by atoms with van der Waals surface area (Å²) in [7, 11) is 0. The van der Waals surface area contributed by atoms with E-state index in [0.717, 1.165) is 28.0 Å². The number of halogens is 2. The topological polar surface area (TPSA) is 55.6 Å². The highest BCUT2D eigenvalue weighted by molar-refractivity contribution is 6.36. The first kappa shape index (κ1) is 20.5. The van der Waals surface area contributed by atoms with Crippen molar-refractivity contribution in [2.75, 3.05) is 5.32 Å². The number of hydrogen-bond donors (Lipinski definition) is 1. The van der Waals surface area contributed by atoms with Crippen LogP contribution in [0.2, 0.25) is 10.0 Å². The van der Waals surface area contributed by atoms with Crippen LogP contribution < -0.4 is 5.32 Å². The lowest BCUT2D eigenvalue weighted by Crippen LogP contribution is -2.10. The van der Waals surface area contributed by atoms with E-state index in [-0.39, 0.29) is 6.04 Å². The molecule has 5 nitrogen and oxygen atoms in total. The Kier molecular flexibility index (Phi) is 5.52. The van der Waals surface area contributed by atoms with Gasteiger partial charge in [0.1, 0.15) is 12.1 Å². The Bertz CT molecular complexity index is 1400. The molecule has 5 aromatic rings. The van der Waals surface area contributed by atoms with Crippen LogP contribution in [0.4, 0.5) is 5.95 Å². The Morgan fingerprint density at radius 2 is 1.75 bits per heavy atom. The largest absolute Gasteiger partial charge is 0.348 e. The second-order valence-electron chi connectivity index (χ2n) is 7.46. The number of nitrogens with one attached hydrogen (secondary N) is 1. The maximum atomic E-state index is 6.39. The molecule has 158 valence electrons. The summed E-state index contributed by atoms with van der Waals surface area (Å²) in [5.74, 6) is 1.30. The number of anilines is 1. The molecule has 0 aliphatic carbocycles. The van der Waals surface area contributed by atoms with Gasteiger partial charge in [-0.3, -0.25) is 4.57 Å². The molecule has 3 aromatic carbocycles. The number of hydrogen-bond acceptors (Lipinski definition) is 4. The molecule has 1 atom stereocenters. The van der Waals surface area contributed by atoms with Crippen molar-refractivity contribution in [2.24, 2.45) is 0 Å². The molecule has 0 radical (unpaired) electrons. The Hall–Kier alpha value is -3.41. The van der Waals surface area contributed by atoms with Gasteiger partial charge in [-0.15, -0.1) is 0 Å². The highest BCUT2D eigenvalue weighted by Gasteiger charge is 2.12. The maximum absolute atomic E-state index is 6.39. The fourth-order valence-electron chi connectivity index (χ4n) is 3.66. The van der Waals surface area contributed by atoms with Gasteiger partial charge in [-0.25, -0.2) is 9.97 Å². The van der Waals surface area contributed by atoms with Gasteiger partial charge in [0.05, 0.1) is 17.1 Å². The van der Waals surface area contributed by atoms with Crippen molar-refractivity contribution in [3.05, 3.63) is 101 Å². The van der Waals surface area contributed by atoms with Crippen LogP contribution in [0.1, 0.15) is 18.5 Å². The summed E-state index contributed by atoms with van der Waals surface area (Å²) < 4.78 is 1.95. The number of benzene rings is 3. The number of nitrogens with zero attached hydrogens (tertiary/aromatic N) is 4. The van der Waals surface area contributed by atoms with E-state index >= 15 is 0 Å². The highest BCUT2D eigenvalue weighted by Crippen LogP contribution is 2.32. The molecule has 0 amide bonds. The Labute approximate surface area is 195 Å². The molecule has 0 saturated heterocycles. The molecule has 0 spiro atoms. The molecule has 0 bridgehead atoms. The first-order valence-corrected chi connectivity index (χ1v) is 10.9. The zero-order chi connectivity index (χ0) is 22.1. The van der Waals surface area contributed by atoms with Gasteiger partial charge in [0.15, 0.2) is 0 Å². The summed E-state index contributed by atoms with van der Waals surface area (Å²) in [6.45, 7) is 2.08. The molecule has 2 aromatic heterocycles. The van der Waals surface area contributed by atoms with Crippen molar-refractivity contribution in [3.8, 4) is 16.9 Å². The fourth-order valence-corrected chi connectivity index (χ4v) is 4.18. The second-order valence-corrected chi connectivity index (χ2v) is 8.30. The summed E-state index contributed by atoms with van der Waals surface area (Å²) in [5, 5.41) is 4.59. The van der Waals surface area contributed by atoms with E-state index in [1.165, 1.54) is 5.56 Å². The summed E-state index contributed by atoms with van der Waals surface area (Å²) in [4.78, 5) is 13.7. The van der Waals surface area contributed by atoms with E-state index in [0.29, 0.717) is 16.0 Å². The molecule has 1 N–H and O–H groups in total. The number of imidazole rings is 1. The molecular weight excluding hydrogens is 441 g/mol. The van der Waals surface area contributed by atoms with Gasteiger partial charge in [0.2, 0.25) is 5.95 Å². The zero-order valence-corrected chi connectivity index (χ0v) is 18.7. The summed E-state index contributed by atoms with van der Waals surface area (Å²) in [5.41, 5.74) is 4.85. The summed E-state index contributed by atoms with van der Waals surface area (Å²) >= 11 is 12.4. The van der Waals surface area contributed by atoms with Crippen LogP contribution in [-0.2, 0) is 0 Å². The quantitative estimate of drug-likeness (QED) is 0.308. The van der Waals surface area contributed by atoms with Gasteiger partial charge in [-0.1, -0.05) is 65.7 Å². The number of fused-ring (bicyclic) bond motifs is 1. The average molecular weight is 460 g/mol. The lowest BCUT2D eigenvalue weighted by molar-refractivity contribution is 0.854. The summed E-state index contributed by atoms with van der Waals surface area (Å²) in [6, 6.07) is 23.7. The van der Waals surface area contributed by atoms with Crippen molar-refractivity contribution >= 4 is 40.2 Å². The standard InChI is InChI=1S/C25H19Cl2N5/c1-16(17-5-3-2-4-6-17)30-25-28-12-11-24(31-25)32-15-29-22-13-18(7-10-23(22)32)20-9-8-19(26)14-21(20)27/h2-16H,1H3,(H,28,30,31)/t16-/m0/s1. The van der Waals surface area contributed by atoms with Crippen molar-refractivity contribution in [1.29, 1.82) is 0 Å². The second kappa shape index (κ2) is 8.61. The smallest absolute Gasteiger partial charge is 0.225 e. The molecule has 0 aliphatic heterocycles. The van der Waals surface area contributed by atoms with Gasteiger partial charge >= 0.3 is 0 Å². The minimum absolute atomic E-state index is 0.0812. The third-order valence-corrected chi connectivity index (χ3v) is 5.87. The van der Waals surface area contributed by atoms with E-state index in [2.05, 4.69) is 34.3 Å². The first-order valence-electron chi connectivity index (χ1n) is 10.2. The van der Waals surface area contributed by atoms with Crippen molar-refractivity contribution in [1.82, 2.24) is 19.5 Å². The SMILES string of the molecule is C[C@H](Nc1nccc(-n2cnc3cc(-c4ccc(Cl)cc4Cl)ccc32)n1)c1ccccc1. The van der Waals surface area contributed by atoms with Crippen LogP contribution in [0.5, 0.6) is 0 Å². The van der Waals surface area contributed by atoms with Crippen LogP contribution in [0.25, 0.3) is 28.0 Å². The molecule has 5 rings (SSSR count). The van der Waals surface area contributed by atoms with Gasteiger partial charge in [0.25, 0.3) is 0 Å². The molecule has 32 heavy (non-hydrogen) atoms. The predicted molar refractivity (Wildman–Crippen MR) is 131 cm³/mol. The van der Waals surface area contributed by atoms with Crippen LogP contribution in [-0.4, -0.2) is 19.5 Å². The molecular formula is C25H19Cl2N5. The van der Waals surface area contributed by atoms with E-state index in [1.54, 1.807) is 18.6 Å². The number of aromatic nitrogens is 4. The van der Waals surface area contributed by atoms with Gasteiger partial charge in [-0.2, -0.15) is 4.98 Å². The van der Waals surface area contributed by atoms with Gasteiger partial charge < -0.3 is 5.32 Å². The van der Waals surface area contributed by atoms with Crippen LogP contribution in [0.3, 0.4) is 0 Å². The lowest BCUT2D eigenvalue weighted by Gasteiger charge is -2.14. The Morgan fingerprint density at radius 1 is 0.906 bits per heavy atom.